The first kappa shape index (κ1) is 65.4. The first-order valence-corrected chi connectivity index (χ1v) is 28.0. The normalized spacial score (nSPS) is 12.9. The van der Waals surface area contributed by atoms with Gasteiger partial charge in [0.25, 0.3) is 0 Å². The highest BCUT2D eigenvalue weighted by Crippen LogP contribution is 2.49. The Hall–Kier alpha value is -10.7. The Bertz CT molecular complexity index is 5240. The van der Waals surface area contributed by atoms with Gasteiger partial charge in [-0.3, -0.25) is 0 Å². The smallest absolute Gasteiger partial charge is 0.309 e. The van der Waals surface area contributed by atoms with Gasteiger partial charge in [-0.15, -0.1) is 0 Å². The average molecular weight is 1340 g/mol. The molecular weight excluding hydrogens is 1310 g/mol. The lowest BCUT2D eigenvalue weighted by atomic mass is 9.93. The summed E-state index contributed by atoms with van der Waals surface area (Å²) in [6.45, 7) is 2.73. The molecule has 12 rings (SSSR count). The van der Waals surface area contributed by atoms with Crippen molar-refractivity contribution in [3.05, 3.63) is 237 Å². The van der Waals surface area contributed by atoms with Crippen LogP contribution in [0.5, 0.6) is 0 Å². The second-order valence-corrected chi connectivity index (χ2v) is 22.7. The number of nitrogens with zero attached hydrogens (tertiary/aromatic N) is 4. The van der Waals surface area contributed by atoms with Gasteiger partial charge in [0.2, 0.25) is 0 Å². The van der Waals surface area contributed by atoms with Crippen LogP contribution in [0.2, 0.25) is 0 Å². The summed E-state index contributed by atoms with van der Waals surface area (Å²) in [4.78, 5) is 0. The lowest BCUT2D eigenvalue weighted by Gasteiger charge is -2.21. The molecule has 0 fully saturated rings. The average Bonchev–Trinajstić information content (AvgIpc) is 1.54. The number of aryl methyl sites for hydroxylation is 2. The van der Waals surface area contributed by atoms with E-state index in [4.69, 9.17) is 0 Å². The molecule has 12 aromatic rings. The van der Waals surface area contributed by atoms with Crippen LogP contribution in [0.3, 0.4) is 0 Å². The zero-order chi connectivity index (χ0) is 69.5. The molecule has 0 unspecified atom stereocenters. The van der Waals surface area contributed by atoms with Crippen LogP contribution in [-0.4, -0.2) is 9.13 Å². The van der Waals surface area contributed by atoms with E-state index in [-0.39, 0.29) is 112 Å². The van der Waals surface area contributed by atoms with Crippen LogP contribution in [0.4, 0.5) is 92.2 Å². The number of alkyl halides is 21. The third-order valence-corrected chi connectivity index (χ3v) is 16.3. The highest BCUT2D eigenvalue weighted by atomic mass is 19.4. The lowest BCUT2D eigenvalue weighted by Crippen LogP contribution is -2.11. The van der Waals surface area contributed by atoms with E-state index in [2.05, 4.69) is 0 Å². The SMILES string of the molecule is Cc1cc(-c2ccc3c(c2)c2cc(-c4cc(C(F)(F)F)cc(C(F)(F)F)c4)ccc2n3-c2cc(-c3ccc(C#N)cc3C(F)(F)F)c(-n3c4ccc(-c5cc(C)cc(C(F)(F)F)c5)cc4c4cc(-c5cc(C(F)(F)F)cc(C(F)(F)F)c5)ccc43)cc2C#N)cc(C(F)(F)F)c1. The van der Waals surface area contributed by atoms with Crippen molar-refractivity contribution in [2.24, 2.45) is 0 Å². The second kappa shape index (κ2) is 22.5. The maximum atomic E-state index is 15.8. The van der Waals surface area contributed by atoms with E-state index in [1.807, 2.05) is 6.07 Å². The zero-order valence-corrected chi connectivity index (χ0v) is 48.5. The molecule has 0 N–H and O–H groups in total. The Morgan fingerprint density at radius 1 is 0.271 bits per heavy atom. The molecule has 0 aliphatic heterocycles. The summed E-state index contributed by atoms with van der Waals surface area (Å²) in [6.07, 6.45) is -36.4. The van der Waals surface area contributed by atoms with Gasteiger partial charge in [-0.05, 0) is 209 Å². The minimum absolute atomic E-state index is 0.00859. The maximum Gasteiger partial charge on any atom is 0.417 e. The summed E-state index contributed by atoms with van der Waals surface area (Å²) in [5.41, 5.74) is -15.0. The monoisotopic (exact) mass is 1340 g/mol. The molecular formula is C71H35F21N4. The Kier molecular flexibility index (Phi) is 15.3. The van der Waals surface area contributed by atoms with Gasteiger partial charge in [0.1, 0.15) is 6.07 Å². The molecule has 96 heavy (non-hydrogen) atoms. The topological polar surface area (TPSA) is 57.4 Å². The van der Waals surface area contributed by atoms with Crippen molar-refractivity contribution < 1.29 is 92.2 Å². The van der Waals surface area contributed by atoms with Crippen molar-refractivity contribution in [3.63, 3.8) is 0 Å². The Morgan fingerprint density at radius 3 is 0.885 bits per heavy atom. The summed E-state index contributed by atoms with van der Waals surface area (Å²) in [6, 6.07) is 30.8. The third-order valence-electron chi connectivity index (χ3n) is 16.3. The molecule has 25 heteroatoms. The summed E-state index contributed by atoms with van der Waals surface area (Å²) >= 11 is 0. The fourth-order valence-corrected chi connectivity index (χ4v) is 12.1. The van der Waals surface area contributed by atoms with Gasteiger partial charge in [-0.2, -0.15) is 103 Å². The van der Waals surface area contributed by atoms with Gasteiger partial charge in [-0.25, -0.2) is 0 Å². The van der Waals surface area contributed by atoms with Crippen LogP contribution in [0.15, 0.2) is 176 Å². The van der Waals surface area contributed by atoms with Crippen molar-refractivity contribution in [2.45, 2.75) is 57.1 Å². The first-order valence-electron chi connectivity index (χ1n) is 28.0. The fraction of sp³-hybridized carbons (Fsp3) is 0.127. The number of nitriles is 2. The number of halogens is 21. The third kappa shape index (κ3) is 12.1. The molecule has 0 spiro atoms. The van der Waals surface area contributed by atoms with Gasteiger partial charge in [0.15, 0.2) is 0 Å². The number of fused-ring (bicyclic) bond motifs is 6. The molecule has 2 heterocycles. The van der Waals surface area contributed by atoms with Crippen LogP contribution in [0, 0.1) is 36.5 Å². The molecule has 10 aromatic carbocycles. The number of rotatable bonds is 7. The zero-order valence-electron chi connectivity index (χ0n) is 48.5. The van der Waals surface area contributed by atoms with E-state index in [1.165, 1.54) is 89.7 Å². The molecule has 0 bridgehead atoms. The lowest BCUT2D eigenvalue weighted by molar-refractivity contribution is -0.144. The van der Waals surface area contributed by atoms with Gasteiger partial charge >= 0.3 is 43.2 Å². The quantitative estimate of drug-likeness (QED) is 0.149. The number of benzene rings is 10. The summed E-state index contributed by atoms with van der Waals surface area (Å²) in [7, 11) is 0. The Balaban J connectivity index is 1.20. The van der Waals surface area contributed by atoms with E-state index in [0.717, 1.165) is 66.7 Å². The van der Waals surface area contributed by atoms with Crippen molar-refractivity contribution >= 4 is 43.6 Å². The van der Waals surface area contributed by atoms with Crippen molar-refractivity contribution in [1.82, 2.24) is 9.13 Å². The molecule has 486 valence electrons. The molecule has 0 aliphatic carbocycles. The van der Waals surface area contributed by atoms with E-state index in [9.17, 15) is 89.6 Å². The summed E-state index contributed by atoms with van der Waals surface area (Å²) in [5, 5.41) is 21.2. The van der Waals surface area contributed by atoms with Gasteiger partial charge in [0.05, 0.1) is 89.6 Å². The van der Waals surface area contributed by atoms with Crippen molar-refractivity contribution in [1.29, 1.82) is 10.5 Å². The largest absolute Gasteiger partial charge is 0.417 e. The van der Waals surface area contributed by atoms with Crippen LogP contribution in [-0.2, 0) is 43.2 Å². The van der Waals surface area contributed by atoms with Gasteiger partial charge in [0, 0.05) is 27.1 Å². The van der Waals surface area contributed by atoms with E-state index in [1.54, 1.807) is 6.07 Å². The molecule has 0 saturated carbocycles. The van der Waals surface area contributed by atoms with Crippen LogP contribution >= 0.6 is 0 Å². The van der Waals surface area contributed by atoms with Crippen LogP contribution in [0.25, 0.3) is 111 Å². The Labute approximate surface area is 527 Å². The molecule has 0 saturated heterocycles. The highest BCUT2D eigenvalue weighted by Gasteiger charge is 2.41. The number of aromatic nitrogens is 2. The fourth-order valence-electron chi connectivity index (χ4n) is 12.1. The van der Waals surface area contributed by atoms with E-state index >= 15 is 13.2 Å². The molecule has 0 amide bonds. The minimum atomic E-state index is -5.34. The first-order chi connectivity index (χ1) is 44.7. The number of hydrogen-bond donors (Lipinski definition) is 0. The molecule has 2 aromatic heterocycles. The summed E-state index contributed by atoms with van der Waals surface area (Å²) in [5.74, 6) is 0. The van der Waals surface area contributed by atoms with Gasteiger partial charge in [-0.1, -0.05) is 42.5 Å². The molecule has 0 aliphatic rings. The standard InChI is InChI=1S/C71H35F21N4/c1-34-13-41(18-46(15-34)65(72,73)74)37-4-9-59-53(24-37)54-26-39(43-20-48(67(78,79)80)29-49(21-43)68(81,82)83)6-10-60(54)95(59)63-31-57(52-8-3-36(32-93)17-58(52)71(90,91)92)64(28-45(63)33-94)96-61-11-5-38(42-14-35(2)16-47(19-42)66(75,76)77)25-55(61)56-27-40(7-12-62(56)96)44-22-50(69(84,85)86)30-51(23-44)70(87,88)89/h3-31H,1-2H3. The van der Waals surface area contributed by atoms with E-state index in [0.29, 0.717) is 30.3 Å². The highest BCUT2D eigenvalue weighted by molar-refractivity contribution is 6.14. The van der Waals surface area contributed by atoms with Crippen LogP contribution < -0.4 is 0 Å². The predicted octanol–water partition coefficient (Wildman–Crippen LogP) is 23.7. The minimum Gasteiger partial charge on any atom is -0.309 e. The maximum absolute atomic E-state index is 15.8. The van der Waals surface area contributed by atoms with Crippen molar-refractivity contribution in [2.75, 3.05) is 0 Å². The van der Waals surface area contributed by atoms with Gasteiger partial charge < -0.3 is 9.13 Å². The van der Waals surface area contributed by atoms with E-state index < -0.39 is 116 Å². The molecule has 0 radical (unpaired) electrons. The van der Waals surface area contributed by atoms with Crippen LogP contribution in [0.1, 0.15) is 61.2 Å². The molecule has 0 atom stereocenters. The predicted molar refractivity (Wildman–Crippen MR) is 316 cm³/mol. The Morgan fingerprint density at radius 2 is 0.583 bits per heavy atom. The second-order valence-electron chi connectivity index (χ2n) is 22.7. The molecule has 4 nitrogen and oxygen atoms in total. The number of hydrogen-bond acceptors (Lipinski definition) is 2. The summed E-state index contributed by atoms with van der Waals surface area (Å²) < 4.78 is 308. The van der Waals surface area contributed by atoms with Crippen molar-refractivity contribution in [3.8, 4) is 79.1 Å².